The summed E-state index contributed by atoms with van der Waals surface area (Å²) in [6, 6.07) is 6.59. The highest BCUT2D eigenvalue weighted by Gasteiger charge is 2.33. The molecule has 1 atom stereocenters. The van der Waals surface area contributed by atoms with Gasteiger partial charge in [0.2, 0.25) is 0 Å². The van der Waals surface area contributed by atoms with Crippen molar-refractivity contribution in [3.8, 4) is 0 Å². The average molecular weight is 261 g/mol. The van der Waals surface area contributed by atoms with Gasteiger partial charge >= 0.3 is 0 Å². The predicted molar refractivity (Wildman–Crippen MR) is 80.4 cm³/mol. The quantitative estimate of drug-likeness (QED) is 0.854. The van der Waals surface area contributed by atoms with Gasteiger partial charge in [-0.25, -0.2) is 0 Å². The Hall–Kier alpha value is -0.860. The van der Waals surface area contributed by atoms with Crippen molar-refractivity contribution in [2.75, 3.05) is 13.1 Å². The Labute approximate surface area is 117 Å². The normalized spacial score (nSPS) is 18.2. The molecular weight excluding hydrogens is 234 g/mol. The van der Waals surface area contributed by atoms with Crippen LogP contribution in [0, 0.1) is 5.92 Å². The van der Waals surface area contributed by atoms with Crippen molar-refractivity contribution < 1.29 is 5.11 Å². The van der Waals surface area contributed by atoms with Gasteiger partial charge in [-0.3, -0.25) is 0 Å². The summed E-state index contributed by atoms with van der Waals surface area (Å²) in [7, 11) is 0. The van der Waals surface area contributed by atoms with Crippen LogP contribution in [0.25, 0.3) is 0 Å². The van der Waals surface area contributed by atoms with Crippen LogP contribution in [0.3, 0.4) is 0 Å². The summed E-state index contributed by atoms with van der Waals surface area (Å²) in [5.41, 5.74) is 3.23. The van der Waals surface area contributed by atoms with Crippen molar-refractivity contribution >= 4 is 0 Å². The molecule has 19 heavy (non-hydrogen) atoms. The van der Waals surface area contributed by atoms with Crippen LogP contribution in [0.4, 0.5) is 0 Å². The molecule has 106 valence electrons. The highest BCUT2D eigenvalue weighted by Crippen LogP contribution is 2.32. The summed E-state index contributed by atoms with van der Waals surface area (Å²) in [5, 5.41) is 14.3. The summed E-state index contributed by atoms with van der Waals surface area (Å²) >= 11 is 0. The Kier molecular flexibility index (Phi) is 4.64. The first-order chi connectivity index (χ1) is 9.08. The number of hydrogen-bond acceptors (Lipinski definition) is 2. The molecule has 1 unspecified atom stereocenters. The molecule has 0 radical (unpaired) electrons. The van der Waals surface area contributed by atoms with Crippen LogP contribution in [-0.4, -0.2) is 18.2 Å². The van der Waals surface area contributed by atoms with E-state index in [-0.39, 0.29) is 5.92 Å². The van der Waals surface area contributed by atoms with Crippen LogP contribution in [0.5, 0.6) is 0 Å². The third-order valence-electron chi connectivity index (χ3n) is 4.45. The largest absolute Gasteiger partial charge is 0.384 e. The molecule has 0 saturated carbocycles. The fourth-order valence-electron chi connectivity index (χ4n) is 2.96. The molecule has 0 aromatic heterocycles. The number of nitrogens with one attached hydrogen (secondary N) is 1. The smallest absolute Gasteiger partial charge is 0.104 e. The second-order valence-electron chi connectivity index (χ2n) is 6.05. The van der Waals surface area contributed by atoms with Gasteiger partial charge < -0.3 is 10.4 Å². The van der Waals surface area contributed by atoms with E-state index in [1.807, 2.05) is 0 Å². The van der Waals surface area contributed by atoms with Gasteiger partial charge in [-0.15, -0.1) is 0 Å². The zero-order valence-corrected chi connectivity index (χ0v) is 12.5. The van der Waals surface area contributed by atoms with E-state index in [1.165, 1.54) is 36.8 Å². The highest BCUT2D eigenvalue weighted by molar-refractivity contribution is 5.37. The van der Waals surface area contributed by atoms with Crippen LogP contribution >= 0.6 is 0 Å². The molecule has 2 heteroatoms. The maximum Gasteiger partial charge on any atom is 0.104 e. The first kappa shape index (κ1) is 14.5. The third kappa shape index (κ3) is 3.01. The van der Waals surface area contributed by atoms with E-state index < -0.39 is 5.60 Å². The molecule has 2 N–H and O–H groups in total. The van der Waals surface area contributed by atoms with Crippen LogP contribution in [0.1, 0.15) is 50.3 Å². The number of hydrogen-bond donors (Lipinski definition) is 2. The van der Waals surface area contributed by atoms with Gasteiger partial charge in [0.25, 0.3) is 0 Å². The maximum absolute atomic E-state index is 11.0. The van der Waals surface area contributed by atoms with Crippen LogP contribution < -0.4 is 5.32 Å². The molecule has 1 aliphatic rings. The number of aliphatic hydroxyl groups is 1. The average Bonchev–Trinajstić information content (AvgIpc) is 2.44. The monoisotopic (exact) mass is 261 g/mol. The number of likely N-dealkylation sites (N-methyl/N-ethyl adjacent to an activating group) is 1. The highest BCUT2D eigenvalue weighted by atomic mass is 16.3. The molecule has 2 nitrogen and oxygen atoms in total. The fourth-order valence-corrected chi connectivity index (χ4v) is 2.96. The van der Waals surface area contributed by atoms with Crippen molar-refractivity contribution in [1.29, 1.82) is 0 Å². The van der Waals surface area contributed by atoms with E-state index in [2.05, 4.69) is 44.3 Å². The predicted octanol–water partition coefficient (Wildman–Crippen LogP) is 3.02. The van der Waals surface area contributed by atoms with Crippen LogP contribution in [-0.2, 0) is 18.4 Å². The van der Waals surface area contributed by atoms with E-state index in [4.69, 9.17) is 0 Å². The molecule has 0 saturated heterocycles. The molecule has 0 heterocycles. The van der Waals surface area contributed by atoms with Crippen molar-refractivity contribution in [3.63, 3.8) is 0 Å². The topological polar surface area (TPSA) is 32.3 Å². The number of benzene rings is 1. The Bertz CT molecular complexity index is 427. The summed E-state index contributed by atoms with van der Waals surface area (Å²) in [6.45, 7) is 7.78. The summed E-state index contributed by atoms with van der Waals surface area (Å²) < 4.78 is 0. The molecule has 1 aromatic rings. The van der Waals surface area contributed by atoms with Gasteiger partial charge in [-0.1, -0.05) is 39.0 Å². The minimum Gasteiger partial charge on any atom is -0.384 e. The lowest BCUT2D eigenvalue weighted by atomic mass is 9.80. The molecule has 0 spiro atoms. The van der Waals surface area contributed by atoms with Crippen LogP contribution in [0.2, 0.25) is 0 Å². The van der Waals surface area contributed by atoms with Gasteiger partial charge in [-0.2, -0.15) is 0 Å². The van der Waals surface area contributed by atoms with E-state index >= 15 is 0 Å². The molecule has 0 bridgehead atoms. The molecule has 2 rings (SSSR count). The van der Waals surface area contributed by atoms with Gasteiger partial charge in [0.15, 0.2) is 0 Å². The molecule has 0 amide bonds. The second kappa shape index (κ2) is 6.06. The molecule has 1 aromatic carbocycles. The van der Waals surface area contributed by atoms with Crippen molar-refractivity contribution in [2.45, 2.75) is 52.1 Å². The Balaban J connectivity index is 2.31. The maximum atomic E-state index is 11.0. The molecular formula is C17H27NO. The summed E-state index contributed by atoms with van der Waals surface area (Å²) in [5.74, 6) is 0.202. The van der Waals surface area contributed by atoms with Crippen molar-refractivity contribution in [3.05, 3.63) is 34.9 Å². The van der Waals surface area contributed by atoms with E-state index in [9.17, 15) is 5.11 Å². The zero-order valence-electron chi connectivity index (χ0n) is 12.5. The van der Waals surface area contributed by atoms with E-state index in [0.717, 1.165) is 12.1 Å². The summed E-state index contributed by atoms with van der Waals surface area (Å²) in [4.78, 5) is 0. The minimum atomic E-state index is -0.761. The van der Waals surface area contributed by atoms with E-state index in [0.29, 0.717) is 6.54 Å². The zero-order chi connectivity index (χ0) is 13.9. The van der Waals surface area contributed by atoms with Gasteiger partial charge in [0.1, 0.15) is 5.60 Å². The standard InChI is InChI=1S/C17H27NO/c1-4-18-12-17(19,13(2)3)16-10-9-14-7-5-6-8-15(14)11-16/h9-11,13,18-19H,4-8,12H2,1-3H3. The number of aryl methyl sites for hydroxylation is 2. The lowest BCUT2D eigenvalue weighted by Gasteiger charge is -2.34. The molecule has 1 aliphatic carbocycles. The summed E-state index contributed by atoms with van der Waals surface area (Å²) in [6.07, 6.45) is 4.95. The van der Waals surface area contributed by atoms with E-state index in [1.54, 1.807) is 0 Å². The Morgan fingerprint density at radius 1 is 1.21 bits per heavy atom. The second-order valence-corrected chi connectivity index (χ2v) is 6.05. The molecule has 0 aliphatic heterocycles. The number of fused-ring (bicyclic) bond motifs is 1. The van der Waals surface area contributed by atoms with Crippen molar-refractivity contribution in [2.24, 2.45) is 5.92 Å². The fraction of sp³-hybridized carbons (Fsp3) is 0.647. The van der Waals surface area contributed by atoms with Gasteiger partial charge in [0.05, 0.1) is 0 Å². The lowest BCUT2D eigenvalue weighted by Crippen LogP contribution is -2.42. The number of rotatable bonds is 5. The Morgan fingerprint density at radius 3 is 2.53 bits per heavy atom. The first-order valence-corrected chi connectivity index (χ1v) is 7.63. The third-order valence-corrected chi connectivity index (χ3v) is 4.45. The SMILES string of the molecule is CCNCC(O)(c1ccc2c(c1)CCCC2)C(C)C. The first-order valence-electron chi connectivity index (χ1n) is 7.63. The van der Waals surface area contributed by atoms with Crippen LogP contribution in [0.15, 0.2) is 18.2 Å². The lowest BCUT2D eigenvalue weighted by molar-refractivity contribution is -0.00884. The van der Waals surface area contributed by atoms with Gasteiger partial charge in [0, 0.05) is 6.54 Å². The molecule has 0 fully saturated rings. The van der Waals surface area contributed by atoms with Gasteiger partial charge in [-0.05, 0) is 54.8 Å². The minimum absolute atomic E-state index is 0.202. The Morgan fingerprint density at radius 2 is 1.89 bits per heavy atom. The van der Waals surface area contributed by atoms with Crippen molar-refractivity contribution in [1.82, 2.24) is 5.32 Å².